The zero-order chi connectivity index (χ0) is 16.9. The maximum Gasteiger partial charge on any atom is 0.315 e. The number of hydrogen-bond acceptors (Lipinski definition) is 4. The SMILES string of the molecule is Cc1cc(C)n([C@H](CNC(=O)NCc2cccs2)c2ccsc2)n1. The largest absolute Gasteiger partial charge is 0.336 e. The lowest BCUT2D eigenvalue weighted by Gasteiger charge is -2.19. The monoisotopic (exact) mass is 360 g/mol. The molecule has 0 fully saturated rings. The molecule has 2 N–H and O–H groups in total. The first-order chi connectivity index (χ1) is 11.6. The number of nitrogens with one attached hydrogen (secondary N) is 2. The number of rotatable bonds is 6. The van der Waals surface area contributed by atoms with Gasteiger partial charge in [0.1, 0.15) is 0 Å². The molecule has 0 saturated heterocycles. The van der Waals surface area contributed by atoms with Gasteiger partial charge in [0, 0.05) is 17.1 Å². The van der Waals surface area contributed by atoms with Crippen molar-refractivity contribution in [3.63, 3.8) is 0 Å². The zero-order valence-electron chi connectivity index (χ0n) is 13.7. The summed E-state index contributed by atoms with van der Waals surface area (Å²) in [6.07, 6.45) is 0. The molecule has 24 heavy (non-hydrogen) atoms. The fourth-order valence-electron chi connectivity index (χ4n) is 2.60. The maximum absolute atomic E-state index is 12.1. The highest BCUT2D eigenvalue weighted by Gasteiger charge is 2.18. The lowest BCUT2D eigenvalue weighted by atomic mass is 10.1. The van der Waals surface area contributed by atoms with Crippen LogP contribution >= 0.6 is 22.7 Å². The Balaban J connectivity index is 1.64. The zero-order valence-corrected chi connectivity index (χ0v) is 15.3. The van der Waals surface area contributed by atoms with Gasteiger partial charge in [-0.05, 0) is 53.8 Å². The van der Waals surface area contributed by atoms with Crippen LogP contribution < -0.4 is 10.6 Å². The Hall–Kier alpha value is -2.12. The van der Waals surface area contributed by atoms with Crippen molar-refractivity contribution in [1.82, 2.24) is 20.4 Å². The van der Waals surface area contributed by atoms with E-state index >= 15 is 0 Å². The summed E-state index contributed by atoms with van der Waals surface area (Å²) in [6.45, 7) is 5.06. The molecule has 0 aliphatic rings. The van der Waals surface area contributed by atoms with E-state index in [4.69, 9.17) is 0 Å². The average Bonchev–Trinajstić information content (AvgIpc) is 3.29. The second kappa shape index (κ2) is 7.63. The minimum absolute atomic E-state index is 0.00237. The van der Waals surface area contributed by atoms with E-state index in [-0.39, 0.29) is 12.1 Å². The van der Waals surface area contributed by atoms with E-state index in [1.807, 2.05) is 41.4 Å². The molecule has 3 aromatic heterocycles. The van der Waals surface area contributed by atoms with Crippen molar-refractivity contribution >= 4 is 28.7 Å². The van der Waals surface area contributed by atoms with Gasteiger partial charge in [0.25, 0.3) is 0 Å². The summed E-state index contributed by atoms with van der Waals surface area (Å²) >= 11 is 3.28. The van der Waals surface area contributed by atoms with E-state index in [1.54, 1.807) is 22.7 Å². The van der Waals surface area contributed by atoms with Gasteiger partial charge in [-0.1, -0.05) is 6.07 Å². The number of thiophene rings is 2. The number of aromatic nitrogens is 2. The van der Waals surface area contributed by atoms with E-state index in [9.17, 15) is 4.79 Å². The summed E-state index contributed by atoms with van der Waals surface area (Å²) in [5.41, 5.74) is 3.23. The van der Waals surface area contributed by atoms with Crippen LogP contribution in [0.4, 0.5) is 4.79 Å². The highest BCUT2D eigenvalue weighted by atomic mass is 32.1. The first kappa shape index (κ1) is 16.7. The van der Waals surface area contributed by atoms with Crippen LogP contribution in [-0.4, -0.2) is 22.4 Å². The van der Waals surface area contributed by atoms with Crippen LogP contribution in [0, 0.1) is 13.8 Å². The van der Waals surface area contributed by atoms with Crippen LogP contribution in [0.15, 0.2) is 40.4 Å². The summed E-state index contributed by atoms with van der Waals surface area (Å²) in [5, 5.41) is 16.6. The molecule has 7 heteroatoms. The van der Waals surface area contributed by atoms with Crippen LogP contribution in [-0.2, 0) is 6.54 Å². The van der Waals surface area contributed by atoms with Crippen molar-refractivity contribution in [3.05, 3.63) is 62.2 Å². The third-order valence-electron chi connectivity index (χ3n) is 3.73. The van der Waals surface area contributed by atoms with Gasteiger partial charge in [-0.2, -0.15) is 16.4 Å². The van der Waals surface area contributed by atoms with Crippen LogP contribution in [0.2, 0.25) is 0 Å². The van der Waals surface area contributed by atoms with Crippen molar-refractivity contribution in [1.29, 1.82) is 0 Å². The lowest BCUT2D eigenvalue weighted by molar-refractivity contribution is 0.239. The Morgan fingerprint density at radius 1 is 1.29 bits per heavy atom. The van der Waals surface area contributed by atoms with Gasteiger partial charge in [-0.3, -0.25) is 4.68 Å². The molecule has 0 aliphatic carbocycles. The van der Waals surface area contributed by atoms with Crippen molar-refractivity contribution in [2.24, 2.45) is 0 Å². The van der Waals surface area contributed by atoms with Gasteiger partial charge in [-0.15, -0.1) is 11.3 Å². The average molecular weight is 361 g/mol. The molecular formula is C17H20N4OS2. The number of carbonyl (C=O) groups excluding carboxylic acids is 1. The number of aryl methyl sites for hydroxylation is 2. The molecule has 1 atom stereocenters. The Labute approximate surface area is 149 Å². The summed E-state index contributed by atoms with van der Waals surface area (Å²) in [4.78, 5) is 13.2. The quantitative estimate of drug-likeness (QED) is 0.704. The minimum Gasteiger partial charge on any atom is -0.336 e. The first-order valence-electron chi connectivity index (χ1n) is 7.72. The van der Waals surface area contributed by atoms with Crippen LogP contribution in [0.1, 0.15) is 27.9 Å². The maximum atomic E-state index is 12.1. The Bertz CT molecular complexity index is 778. The van der Waals surface area contributed by atoms with Crippen LogP contribution in [0.25, 0.3) is 0 Å². The van der Waals surface area contributed by atoms with E-state index in [0.717, 1.165) is 21.8 Å². The molecule has 126 valence electrons. The predicted octanol–water partition coefficient (Wildman–Crippen LogP) is 3.71. The third kappa shape index (κ3) is 4.04. The Morgan fingerprint density at radius 2 is 2.17 bits per heavy atom. The topological polar surface area (TPSA) is 59.0 Å². The second-order valence-corrected chi connectivity index (χ2v) is 7.40. The number of carbonyl (C=O) groups is 1. The highest BCUT2D eigenvalue weighted by molar-refractivity contribution is 7.09. The molecule has 3 rings (SSSR count). The molecular weight excluding hydrogens is 340 g/mol. The number of urea groups is 1. The number of nitrogens with zero attached hydrogens (tertiary/aromatic N) is 2. The lowest BCUT2D eigenvalue weighted by Crippen LogP contribution is -2.38. The van der Waals surface area contributed by atoms with Gasteiger partial charge in [0.05, 0.1) is 18.3 Å². The standard InChI is InChI=1S/C17H20N4OS2/c1-12-8-13(2)21(20-12)16(14-5-7-23-11-14)10-19-17(22)18-9-15-4-3-6-24-15/h3-8,11,16H,9-10H2,1-2H3,(H2,18,19,22)/t16-/m1/s1. The molecule has 3 aromatic rings. The molecule has 0 bridgehead atoms. The van der Waals surface area contributed by atoms with E-state index in [2.05, 4.69) is 33.2 Å². The molecule has 3 heterocycles. The van der Waals surface area contributed by atoms with Crippen LogP contribution in [0.5, 0.6) is 0 Å². The normalized spacial score (nSPS) is 12.1. The Kier molecular flexibility index (Phi) is 5.32. The van der Waals surface area contributed by atoms with Gasteiger partial charge < -0.3 is 10.6 Å². The first-order valence-corrected chi connectivity index (χ1v) is 9.54. The van der Waals surface area contributed by atoms with Gasteiger partial charge in [-0.25, -0.2) is 4.79 Å². The summed E-state index contributed by atoms with van der Waals surface area (Å²) < 4.78 is 1.98. The molecule has 5 nitrogen and oxygen atoms in total. The third-order valence-corrected chi connectivity index (χ3v) is 5.30. The van der Waals surface area contributed by atoms with Crippen molar-refractivity contribution in [2.75, 3.05) is 6.54 Å². The molecule has 0 aliphatic heterocycles. The molecule has 0 unspecified atom stereocenters. The Morgan fingerprint density at radius 3 is 2.79 bits per heavy atom. The van der Waals surface area contributed by atoms with Gasteiger partial charge in [0.15, 0.2) is 0 Å². The smallest absolute Gasteiger partial charge is 0.315 e. The summed E-state index contributed by atoms with van der Waals surface area (Å²) in [7, 11) is 0. The number of amides is 2. The van der Waals surface area contributed by atoms with Crippen molar-refractivity contribution in [3.8, 4) is 0 Å². The summed E-state index contributed by atoms with van der Waals surface area (Å²) in [6, 6.07) is 7.96. The second-order valence-electron chi connectivity index (χ2n) is 5.59. The molecule has 0 radical (unpaired) electrons. The molecule has 0 aromatic carbocycles. The van der Waals surface area contributed by atoms with Crippen LogP contribution in [0.3, 0.4) is 0 Å². The molecule has 0 saturated carbocycles. The fraction of sp³-hybridized carbons (Fsp3) is 0.294. The van der Waals surface area contributed by atoms with E-state index < -0.39 is 0 Å². The molecule has 0 spiro atoms. The predicted molar refractivity (Wildman–Crippen MR) is 98.7 cm³/mol. The molecule has 2 amide bonds. The summed E-state index contributed by atoms with van der Waals surface area (Å²) in [5.74, 6) is 0. The van der Waals surface area contributed by atoms with Crippen molar-refractivity contribution in [2.45, 2.75) is 26.4 Å². The highest BCUT2D eigenvalue weighted by Crippen LogP contribution is 2.22. The van der Waals surface area contributed by atoms with E-state index in [0.29, 0.717) is 13.1 Å². The van der Waals surface area contributed by atoms with Gasteiger partial charge >= 0.3 is 6.03 Å². The fourth-order valence-corrected chi connectivity index (χ4v) is 3.96. The minimum atomic E-state index is -0.162. The van der Waals surface area contributed by atoms with Gasteiger partial charge in [0.2, 0.25) is 0 Å². The van der Waals surface area contributed by atoms with Crippen molar-refractivity contribution < 1.29 is 4.79 Å². The number of hydrogen-bond donors (Lipinski definition) is 2. The van der Waals surface area contributed by atoms with E-state index in [1.165, 1.54) is 0 Å².